The Kier molecular flexibility index (Phi) is 4.42. The van der Waals surface area contributed by atoms with E-state index in [1.165, 1.54) is 15.7 Å². The zero-order chi connectivity index (χ0) is 18.1. The lowest BCUT2D eigenvalue weighted by atomic mass is 10.0. The van der Waals surface area contributed by atoms with Crippen molar-refractivity contribution in [1.29, 1.82) is 5.26 Å². The number of nitriles is 1. The molecule has 7 nitrogen and oxygen atoms in total. The summed E-state index contributed by atoms with van der Waals surface area (Å²) in [7, 11) is 0. The summed E-state index contributed by atoms with van der Waals surface area (Å²) in [4.78, 5) is 25.3. The number of carbonyl (C=O) groups is 2. The third kappa shape index (κ3) is 3.06. The Balaban J connectivity index is 1.85. The summed E-state index contributed by atoms with van der Waals surface area (Å²) in [6, 6.07) is 7.48. The van der Waals surface area contributed by atoms with Crippen molar-refractivity contribution in [1.82, 2.24) is 9.47 Å². The predicted molar refractivity (Wildman–Crippen MR) is 88.1 cm³/mol. The molecule has 0 spiro atoms. The fourth-order valence-electron chi connectivity index (χ4n) is 3.22. The highest BCUT2D eigenvalue weighted by atomic mass is 19.1. The van der Waals surface area contributed by atoms with E-state index >= 15 is 0 Å². The van der Waals surface area contributed by atoms with Crippen LogP contribution in [0.5, 0.6) is 0 Å². The number of hydrogen-bond donors (Lipinski definition) is 2. The zero-order valence-electron chi connectivity index (χ0n) is 13.4. The van der Waals surface area contributed by atoms with E-state index in [2.05, 4.69) is 6.07 Å². The Labute approximate surface area is 143 Å². The van der Waals surface area contributed by atoms with Crippen molar-refractivity contribution in [3.05, 3.63) is 36.0 Å². The summed E-state index contributed by atoms with van der Waals surface area (Å²) in [6.07, 6.45) is 0.467. The molecule has 3 atom stereocenters. The molecule has 1 fully saturated rings. The molecule has 2 heterocycles. The minimum Gasteiger partial charge on any atom is -0.351 e. The Bertz CT molecular complexity index is 872. The van der Waals surface area contributed by atoms with Gasteiger partial charge in [-0.1, -0.05) is 6.07 Å². The Morgan fingerprint density at radius 2 is 2.28 bits per heavy atom. The molecule has 1 aliphatic rings. The molecule has 0 aliphatic carbocycles. The molecule has 4 N–H and O–H groups in total. The lowest BCUT2D eigenvalue weighted by Crippen LogP contribution is -2.46. The molecule has 129 valence electrons. The number of aromatic nitrogens is 1. The molecule has 1 aliphatic heterocycles. The van der Waals surface area contributed by atoms with Crippen molar-refractivity contribution in [3.63, 3.8) is 0 Å². The first kappa shape index (κ1) is 16.9. The summed E-state index contributed by atoms with van der Waals surface area (Å²) >= 11 is 0. The van der Waals surface area contributed by atoms with Crippen LogP contribution in [0.25, 0.3) is 10.9 Å². The smallest absolute Gasteiger partial charge is 0.323 e. The molecule has 2 aromatic rings. The number of nitrogens with zero attached hydrogens (tertiary/aromatic N) is 3. The van der Waals surface area contributed by atoms with Crippen molar-refractivity contribution >= 4 is 22.8 Å². The average Bonchev–Trinajstić information content (AvgIpc) is 3.15. The molecular formula is C17H17FN5O2. The van der Waals surface area contributed by atoms with Crippen molar-refractivity contribution < 1.29 is 14.0 Å². The van der Waals surface area contributed by atoms with E-state index in [0.717, 1.165) is 0 Å². The molecule has 1 saturated heterocycles. The topological polar surface area (TPSA) is 118 Å². The fourth-order valence-corrected chi connectivity index (χ4v) is 3.22. The van der Waals surface area contributed by atoms with Crippen LogP contribution in [0, 0.1) is 17.4 Å². The zero-order valence-corrected chi connectivity index (χ0v) is 13.4. The predicted octanol–water partition coefficient (Wildman–Crippen LogP) is 0.701. The number of primary amides is 1. The highest BCUT2D eigenvalue weighted by molar-refractivity contribution is 5.93. The van der Waals surface area contributed by atoms with Gasteiger partial charge in [-0.3, -0.25) is 9.36 Å². The van der Waals surface area contributed by atoms with Crippen LogP contribution in [0.2, 0.25) is 0 Å². The normalized spacial score (nSPS) is 21.2. The molecule has 1 aromatic carbocycles. The number of fused-ring (bicyclic) bond motifs is 1. The van der Waals surface area contributed by atoms with Gasteiger partial charge in [0.2, 0.25) is 5.91 Å². The van der Waals surface area contributed by atoms with Gasteiger partial charge in [-0.05, 0) is 30.2 Å². The largest absolute Gasteiger partial charge is 0.351 e. The van der Waals surface area contributed by atoms with E-state index in [0.29, 0.717) is 16.5 Å². The third-order valence-electron chi connectivity index (χ3n) is 4.41. The van der Waals surface area contributed by atoms with Crippen LogP contribution in [0.1, 0.15) is 12.0 Å². The molecule has 1 aromatic heterocycles. The van der Waals surface area contributed by atoms with Crippen molar-refractivity contribution in [3.8, 4) is 6.07 Å². The number of carbonyl (C=O) groups excluding carboxylic acids is 2. The van der Waals surface area contributed by atoms with Gasteiger partial charge >= 0.3 is 6.03 Å². The van der Waals surface area contributed by atoms with Gasteiger partial charge in [0.15, 0.2) is 0 Å². The van der Waals surface area contributed by atoms with Crippen molar-refractivity contribution in [2.24, 2.45) is 11.5 Å². The van der Waals surface area contributed by atoms with E-state index in [1.54, 1.807) is 18.2 Å². The number of amides is 2. The van der Waals surface area contributed by atoms with Gasteiger partial charge < -0.3 is 16.4 Å². The van der Waals surface area contributed by atoms with E-state index < -0.39 is 30.2 Å². The molecule has 3 rings (SSSR count). The Morgan fingerprint density at radius 1 is 1.52 bits per heavy atom. The highest BCUT2D eigenvalue weighted by Crippen LogP contribution is 2.24. The molecule has 2 amide bonds. The van der Waals surface area contributed by atoms with Crippen LogP contribution in [0.3, 0.4) is 0 Å². The summed E-state index contributed by atoms with van der Waals surface area (Å²) in [5.74, 6) is -0.480. The lowest BCUT2D eigenvalue weighted by molar-refractivity contribution is -0.132. The number of likely N-dealkylation sites (tertiary alicyclic amines) is 1. The number of hydrogen-bond acceptors (Lipinski definition) is 4. The van der Waals surface area contributed by atoms with Gasteiger partial charge in [0.05, 0.1) is 24.2 Å². The van der Waals surface area contributed by atoms with E-state index in [9.17, 15) is 14.0 Å². The summed E-state index contributed by atoms with van der Waals surface area (Å²) in [6.45, 7) is -0.123. The van der Waals surface area contributed by atoms with Crippen molar-refractivity contribution in [2.75, 3.05) is 6.54 Å². The lowest BCUT2D eigenvalue weighted by Gasteiger charge is -2.23. The van der Waals surface area contributed by atoms with Crippen LogP contribution >= 0.6 is 0 Å². The van der Waals surface area contributed by atoms with Gasteiger partial charge in [0.25, 0.3) is 0 Å². The van der Waals surface area contributed by atoms with Gasteiger partial charge in [-0.15, -0.1) is 0 Å². The maximum atomic E-state index is 13.5. The number of benzene rings is 1. The van der Waals surface area contributed by atoms with Crippen LogP contribution in [0.15, 0.2) is 24.4 Å². The minimum absolute atomic E-state index is 0.00486. The minimum atomic E-state index is -1.22. The molecule has 0 saturated carbocycles. The number of alkyl halides is 1. The molecule has 25 heavy (non-hydrogen) atoms. The van der Waals surface area contributed by atoms with Crippen LogP contribution < -0.4 is 11.5 Å². The Morgan fingerprint density at radius 3 is 2.96 bits per heavy atom. The molecule has 1 radical (unpaired) electrons. The maximum absolute atomic E-state index is 13.5. The second kappa shape index (κ2) is 6.53. The summed E-state index contributed by atoms with van der Waals surface area (Å²) in [5.41, 5.74) is 12.6. The first-order valence-corrected chi connectivity index (χ1v) is 7.82. The second-order valence-electron chi connectivity index (χ2n) is 6.08. The summed E-state index contributed by atoms with van der Waals surface area (Å²) < 4.78 is 14.8. The first-order valence-electron chi connectivity index (χ1n) is 7.82. The van der Waals surface area contributed by atoms with E-state index in [1.807, 2.05) is 6.07 Å². The maximum Gasteiger partial charge on any atom is 0.323 e. The SMILES string of the molecule is N#CC1CC(F)CN1C(=O)C(N)Cc1cn(C(N)=O)c2cc[c]cc12. The number of halogens is 1. The number of rotatable bonds is 3. The molecule has 3 unspecified atom stereocenters. The quantitative estimate of drug-likeness (QED) is 0.853. The van der Waals surface area contributed by atoms with Crippen molar-refractivity contribution in [2.45, 2.75) is 31.1 Å². The van der Waals surface area contributed by atoms with Crippen LogP contribution in [-0.2, 0) is 11.2 Å². The van der Waals surface area contributed by atoms with Crippen LogP contribution in [-0.4, -0.2) is 46.2 Å². The molecular weight excluding hydrogens is 325 g/mol. The van der Waals surface area contributed by atoms with Gasteiger partial charge in [0.1, 0.15) is 12.2 Å². The average molecular weight is 342 g/mol. The third-order valence-corrected chi connectivity index (χ3v) is 4.41. The summed E-state index contributed by atoms with van der Waals surface area (Å²) in [5, 5.41) is 9.78. The van der Waals surface area contributed by atoms with Gasteiger partial charge in [-0.2, -0.15) is 5.26 Å². The molecule has 0 bridgehead atoms. The van der Waals surface area contributed by atoms with Gasteiger partial charge in [0, 0.05) is 18.0 Å². The van der Waals surface area contributed by atoms with Gasteiger partial charge in [-0.25, -0.2) is 9.18 Å². The van der Waals surface area contributed by atoms with E-state index in [4.69, 9.17) is 16.7 Å². The fraction of sp³-hybridized carbons (Fsp3) is 0.353. The van der Waals surface area contributed by atoms with E-state index in [-0.39, 0.29) is 19.4 Å². The number of nitrogens with two attached hydrogens (primary N) is 2. The highest BCUT2D eigenvalue weighted by Gasteiger charge is 2.37. The monoisotopic (exact) mass is 342 g/mol. The second-order valence-corrected chi connectivity index (χ2v) is 6.08. The van der Waals surface area contributed by atoms with Crippen LogP contribution in [0.4, 0.5) is 9.18 Å². The molecule has 8 heteroatoms. The standard InChI is InChI=1S/C17H17FN5O2/c18-11-6-12(7-19)22(9-11)16(24)14(20)5-10-8-23(17(21)25)15-4-2-1-3-13(10)15/h2-4,8,11-12,14H,5-6,9,20H2,(H2,21,25). The first-order chi connectivity index (χ1) is 11.9. The Hall–Kier alpha value is -2.92.